The fourth-order valence-electron chi connectivity index (χ4n) is 4.37. The summed E-state index contributed by atoms with van der Waals surface area (Å²) in [4.78, 5) is 35.3. The van der Waals surface area contributed by atoms with Gasteiger partial charge in [-0.05, 0) is 43.4 Å². The van der Waals surface area contributed by atoms with Gasteiger partial charge in [0.1, 0.15) is 0 Å². The minimum Gasteiger partial charge on any atom is -0.333 e. The van der Waals surface area contributed by atoms with E-state index >= 15 is 0 Å². The molecule has 0 N–H and O–H groups in total. The normalized spacial score (nSPS) is 26.8. The minimum atomic E-state index is 0.158. The van der Waals surface area contributed by atoms with E-state index in [1.165, 1.54) is 0 Å². The predicted octanol–water partition coefficient (Wildman–Crippen LogP) is 1.86. The van der Waals surface area contributed by atoms with Crippen LogP contribution in [0.1, 0.15) is 37.7 Å². The largest absolute Gasteiger partial charge is 0.333 e. The average Bonchev–Trinajstić information content (AvgIpc) is 3.27. The van der Waals surface area contributed by atoms with Crippen LogP contribution in [0.4, 0.5) is 4.79 Å². The van der Waals surface area contributed by atoms with Crippen molar-refractivity contribution in [2.45, 2.75) is 50.7 Å². The maximum atomic E-state index is 12.8. The number of urea groups is 1. The Bertz CT molecular complexity index is 615. The van der Waals surface area contributed by atoms with Crippen molar-refractivity contribution < 1.29 is 9.59 Å². The zero-order valence-corrected chi connectivity index (χ0v) is 13.9. The molecule has 0 saturated carbocycles. The Balaban J connectivity index is 1.49. The van der Waals surface area contributed by atoms with Gasteiger partial charge in [0.25, 0.3) is 0 Å². The molecule has 0 bridgehead atoms. The molecule has 0 unspecified atom stereocenters. The van der Waals surface area contributed by atoms with Crippen LogP contribution >= 0.6 is 0 Å². The number of rotatable bonds is 2. The third-order valence-electron chi connectivity index (χ3n) is 5.61. The highest BCUT2D eigenvalue weighted by Gasteiger charge is 2.45. The number of amides is 3. The van der Waals surface area contributed by atoms with Crippen molar-refractivity contribution in [3.63, 3.8) is 0 Å². The lowest BCUT2D eigenvalue weighted by Gasteiger charge is -2.40. The Morgan fingerprint density at radius 3 is 2.58 bits per heavy atom. The first-order chi connectivity index (χ1) is 11.7. The van der Waals surface area contributed by atoms with Gasteiger partial charge in [0.2, 0.25) is 5.91 Å². The van der Waals surface area contributed by atoms with E-state index < -0.39 is 0 Å². The van der Waals surface area contributed by atoms with Crippen LogP contribution in [0, 0.1) is 0 Å². The van der Waals surface area contributed by atoms with Crippen LogP contribution in [0.25, 0.3) is 0 Å². The number of fused-ring (bicyclic) bond motifs is 1. The first-order valence-electron chi connectivity index (χ1n) is 8.98. The Morgan fingerprint density at radius 2 is 1.83 bits per heavy atom. The minimum absolute atomic E-state index is 0.158. The number of hydrogen-bond acceptors (Lipinski definition) is 3. The van der Waals surface area contributed by atoms with Gasteiger partial charge in [-0.3, -0.25) is 9.78 Å². The molecule has 6 nitrogen and oxygen atoms in total. The van der Waals surface area contributed by atoms with Gasteiger partial charge in [0.05, 0.1) is 12.1 Å². The number of likely N-dealkylation sites (tertiary alicyclic amines) is 3. The lowest BCUT2D eigenvalue weighted by molar-refractivity contribution is -0.138. The van der Waals surface area contributed by atoms with E-state index in [4.69, 9.17) is 0 Å². The molecule has 24 heavy (non-hydrogen) atoms. The van der Waals surface area contributed by atoms with E-state index in [-0.39, 0.29) is 24.0 Å². The molecule has 4 heterocycles. The molecule has 0 aromatic carbocycles. The van der Waals surface area contributed by atoms with Crippen molar-refractivity contribution in [2.75, 3.05) is 19.6 Å². The smallest absolute Gasteiger partial charge is 0.320 e. The number of carbonyl (C=O) groups excluding carboxylic acids is 2. The molecule has 1 aromatic heterocycles. The van der Waals surface area contributed by atoms with E-state index in [1.807, 2.05) is 26.8 Å². The van der Waals surface area contributed by atoms with Gasteiger partial charge in [-0.15, -0.1) is 0 Å². The van der Waals surface area contributed by atoms with E-state index in [9.17, 15) is 9.59 Å². The van der Waals surface area contributed by atoms with Gasteiger partial charge in [0, 0.05) is 45.0 Å². The Kier molecular flexibility index (Phi) is 4.12. The Labute approximate surface area is 142 Å². The van der Waals surface area contributed by atoms with Crippen LogP contribution in [0.5, 0.6) is 0 Å². The second-order valence-corrected chi connectivity index (χ2v) is 7.01. The van der Waals surface area contributed by atoms with Crippen LogP contribution in [0.2, 0.25) is 0 Å². The SMILES string of the molecule is O=C1CC[C@H]2[C@H](CCN2C(=O)N2CCCC2)N1Cc1ccncc1. The van der Waals surface area contributed by atoms with Crippen molar-refractivity contribution >= 4 is 11.9 Å². The number of aromatic nitrogens is 1. The van der Waals surface area contributed by atoms with Gasteiger partial charge in [-0.2, -0.15) is 0 Å². The third-order valence-corrected chi connectivity index (χ3v) is 5.61. The van der Waals surface area contributed by atoms with E-state index in [0.717, 1.165) is 50.9 Å². The molecule has 0 aliphatic carbocycles. The third kappa shape index (κ3) is 2.74. The highest BCUT2D eigenvalue weighted by Crippen LogP contribution is 2.33. The lowest BCUT2D eigenvalue weighted by atomic mass is 9.95. The molecule has 3 saturated heterocycles. The Hall–Kier alpha value is -2.11. The molecule has 3 amide bonds. The van der Waals surface area contributed by atoms with Crippen molar-refractivity contribution in [2.24, 2.45) is 0 Å². The first-order valence-corrected chi connectivity index (χ1v) is 8.98. The summed E-state index contributed by atoms with van der Waals surface area (Å²) in [6.07, 6.45) is 7.98. The summed E-state index contributed by atoms with van der Waals surface area (Å²) in [5.74, 6) is 0.212. The summed E-state index contributed by atoms with van der Waals surface area (Å²) in [5, 5.41) is 0. The quantitative estimate of drug-likeness (QED) is 0.833. The molecule has 3 aliphatic rings. The fraction of sp³-hybridized carbons (Fsp3) is 0.611. The fourth-order valence-corrected chi connectivity index (χ4v) is 4.37. The van der Waals surface area contributed by atoms with E-state index in [1.54, 1.807) is 12.4 Å². The number of piperidine rings is 1. The topological polar surface area (TPSA) is 56.8 Å². The Morgan fingerprint density at radius 1 is 1.08 bits per heavy atom. The van der Waals surface area contributed by atoms with Crippen LogP contribution < -0.4 is 0 Å². The van der Waals surface area contributed by atoms with Crippen molar-refractivity contribution in [1.29, 1.82) is 0 Å². The van der Waals surface area contributed by atoms with E-state index in [2.05, 4.69) is 4.98 Å². The van der Waals surface area contributed by atoms with Crippen LogP contribution in [-0.2, 0) is 11.3 Å². The molecule has 3 aliphatic heterocycles. The maximum Gasteiger partial charge on any atom is 0.320 e. The second-order valence-electron chi connectivity index (χ2n) is 7.01. The van der Waals surface area contributed by atoms with Crippen molar-refractivity contribution in [3.8, 4) is 0 Å². The van der Waals surface area contributed by atoms with Gasteiger partial charge in [0.15, 0.2) is 0 Å². The summed E-state index contributed by atoms with van der Waals surface area (Å²) in [5.41, 5.74) is 1.10. The lowest BCUT2D eigenvalue weighted by Crippen LogP contribution is -2.54. The summed E-state index contributed by atoms with van der Waals surface area (Å²) in [7, 11) is 0. The number of pyridine rings is 1. The molecular weight excluding hydrogens is 304 g/mol. The van der Waals surface area contributed by atoms with Gasteiger partial charge in [-0.25, -0.2) is 4.79 Å². The van der Waals surface area contributed by atoms with E-state index in [0.29, 0.717) is 13.0 Å². The standard InChI is InChI=1S/C18H24N4O2/c23-17-4-3-15-16(22(17)13-14-5-8-19-9-6-14)7-12-21(15)18(24)20-10-1-2-11-20/h5-6,8-9,15-16H,1-4,7,10-13H2/t15-,16-/m0/s1. The molecule has 6 heteroatoms. The number of nitrogens with zero attached hydrogens (tertiary/aromatic N) is 4. The van der Waals surface area contributed by atoms with Crippen molar-refractivity contribution in [3.05, 3.63) is 30.1 Å². The molecule has 1 aromatic rings. The van der Waals surface area contributed by atoms with Crippen molar-refractivity contribution in [1.82, 2.24) is 19.7 Å². The average molecular weight is 328 g/mol. The molecular formula is C18H24N4O2. The van der Waals surface area contributed by atoms with Crippen LogP contribution in [0.15, 0.2) is 24.5 Å². The molecule has 0 radical (unpaired) electrons. The molecule has 3 fully saturated rings. The first kappa shape index (κ1) is 15.4. The van der Waals surface area contributed by atoms with Crippen LogP contribution in [-0.4, -0.2) is 63.3 Å². The predicted molar refractivity (Wildman–Crippen MR) is 89.1 cm³/mol. The highest BCUT2D eigenvalue weighted by molar-refractivity contribution is 5.80. The summed E-state index contributed by atoms with van der Waals surface area (Å²) in [6, 6.07) is 4.43. The molecule has 128 valence electrons. The summed E-state index contributed by atoms with van der Waals surface area (Å²) < 4.78 is 0. The van der Waals surface area contributed by atoms with Gasteiger partial charge >= 0.3 is 6.03 Å². The summed E-state index contributed by atoms with van der Waals surface area (Å²) in [6.45, 7) is 3.15. The monoisotopic (exact) mass is 328 g/mol. The zero-order valence-electron chi connectivity index (χ0n) is 13.9. The number of hydrogen-bond donors (Lipinski definition) is 0. The molecule has 0 spiro atoms. The van der Waals surface area contributed by atoms with Crippen LogP contribution in [0.3, 0.4) is 0 Å². The van der Waals surface area contributed by atoms with Gasteiger partial charge < -0.3 is 14.7 Å². The summed E-state index contributed by atoms with van der Waals surface area (Å²) >= 11 is 0. The maximum absolute atomic E-state index is 12.8. The van der Waals surface area contributed by atoms with Gasteiger partial charge in [-0.1, -0.05) is 0 Å². The molecule has 4 rings (SSSR count). The zero-order chi connectivity index (χ0) is 16.5. The number of carbonyl (C=O) groups is 2. The molecule has 2 atom stereocenters. The second kappa shape index (κ2) is 6.42. The highest BCUT2D eigenvalue weighted by atomic mass is 16.2.